The molecule has 150 valence electrons. The highest BCUT2D eigenvalue weighted by Gasteiger charge is 2.19. The number of aryl methyl sites for hydroxylation is 1. The summed E-state index contributed by atoms with van der Waals surface area (Å²) in [5.74, 6) is -0.0149. The van der Waals surface area contributed by atoms with Crippen LogP contribution in [0.5, 0.6) is 0 Å². The van der Waals surface area contributed by atoms with E-state index < -0.39 is 0 Å². The van der Waals surface area contributed by atoms with E-state index in [1.54, 1.807) is 0 Å². The molecule has 1 heterocycles. The largest absolute Gasteiger partial charge is 0.369 e. The average Bonchev–Trinajstić information content (AvgIpc) is 2.74. The van der Waals surface area contributed by atoms with Gasteiger partial charge in [0.15, 0.2) is 0 Å². The standard InChI is InChI=1S/C25H29N3O/c1-18-11-12-21(28-15-13-27(3)14-16-28)17-24(18)25(29)26-19(2)22-10-6-8-20-7-4-5-9-23(20)22/h4-12,17,19H,13-16H2,1-3H3,(H,26,29). The Labute approximate surface area is 173 Å². The summed E-state index contributed by atoms with van der Waals surface area (Å²) in [5.41, 5.74) is 4.04. The number of benzene rings is 3. The van der Waals surface area contributed by atoms with Gasteiger partial charge in [-0.15, -0.1) is 0 Å². The Bertz CT molecular complexity index is 1020. The van der Waals surface area contributed by atoms with Gasteiger partial charge in [-0.05, 0) is 54.9 Å². The number of carbonyl (C=O) groups is 1. The quantitative estimate of drug-likeness (QED) is 0.721. The first kappa shape index (κ1) is 19.5. The van der Waals surface area contributed by atoms with E-state index in [0.29, 0.717) is 0 Å². The van der Waals surface area contributed by atoms with Crippen molar-refractivity contribution in [2.45, 2.75) is 19.9 Å². The summed E-state index contributed by atoms with van der Waals surface area (Å²) < 4.78 is 0. The number of rotatable bonds is 4. The normalized spacial score (nSPS) is 16.0. The van der Waals surface area contributed by atoms with Gasteiger partial charge in [0.2, 0.25) is 0 Å². The Kier molecular flexibility index (Phi) is 5.54. The minimum atomic E-state index is -0.0692. The monoisotopic (exact) mass is 387 g/mol. The van der Waals surface area contributed by atoms with E-state index in [1.807, 2.05) is 25.1 Å². The van der Waals surface area contributed by atoms with Crippen LogP contribution in [0.4, 0.5) is 5.69 Å². The molecule has 0 aliphatic carbocycles. The van der Waals surface area contributed by atoms with Crippen LogP contribution in [0.2, 0.25) is 0 Å². The molecule has 1 aliphatic rings. The molecule has 1 fully saturated rings. The molecular formula is C25H29N3O. The maximum absolute atomic E-state index is 13.1. The molecule has 3 aromatic carbocycles. The second-order valence-corrected chi connectivity index (χ2v) is 8.05. The number of amides is 1. The van der Waals surface area contributed by atoms with Crippen LogP contribution in [0.15, 0.2) is 60.7 Å². The molecule has 1 saturated heterocycles. The Morgan fingerprint density at radius 3 is 2.48 bits per heavy atom. The predicted molar refractivity (Wildman–Crippen MR) is 121 cm³/mol. The van der Waals surface area contributed by atoms with Gasteiger partial charge in [0, 0.05) is 37.4 Å². The molecule has 1 N–H and O–H groups in total. The van der Waals surface area contributed by atoms with E-state index in [2.05, 4.69) is 71.6 Å². The fraction of sp³-hybridized carbons (Fsp3) is 0.320. The van der Waals surface area contributed by atoms with Gasteiger partial charge in [0.05, 0.1) is 6.04 Å². The van der Waals surface area contributed by atoms with Crippen LogP contribution in [0.3, 0.4) is 0 Å². The molecule has 1 atom stereocenters. The number of fused-ring (bicyclic) bond motifs is 1. The molecule has 4 nitrogen and oxygen atoms in total. The number of anilines is 1. The lowest BCUT2D eigenvalue weighted by atomic mass is 9.99. The van der Waals surface area contributed by atoms with Crippen LogP contribution in [0.25, 0.3) is 10.8 Å². The predicted octanol–water partition coefficient (Wildman–Crippen LogP) is 4.39. The molecule has 0 aromatic heterocycles. The Balaban J connectivity index is 1.55. The number of nitrogens with one attached hydrogen (secondary N) is 1. The van der Waals surface area contributed by atoms with Crippen molar-refractivity contribution in [1.29, 1.82) is 0 Å². The number of likely N-dealkylation sites (N-methyl/N-ethyl adjacent to an activating group) is 1. The lowest BCUT2D eigenvalue weighted by molar-refractivity contribution is 0.0939. The zero-order chi connectivity index (χ0) is 20.4. The SMILES string of the molecule is Cc1ccc(N2CCN(C)CC2)cc1C(=O)NC(C)c1cccc2ccccc12. The molecule has 1 amide bonds. The first-order valence-electron chi connectivity index (χ1n) is 10.4. The molecule has 4 rings (SSSR count). The van der Waals surface area contributed by atoms with E-state index in [4.69, 9.17) is 0 Å². The molecule has 4 heteroatoms. The smallest absolute Gasteiger partial charge is 0.252 e. The maximum Gasteiger partial charge on any atom is 0.252 e. The van der Waals surface area contributed by atoms with Crippen LogP contribution in [-0.2, 0) is 0 Å². The average molecular weight is 388 g/mol. The van der Waals surface area contributed by atoms with Gasteiger partial charge < -0.3 is 15.1 Å². The first-order valence-corrected chi connectivity index (χ1v) is 10.4. The first-order chi connectivity index (χ1) is 14.0. The van der Waals surface area contributed by atoms with Crippen molar-refractivity contribution in [3.05, 3.63) is 77.4 Å². The lowest BCUT2D eigenvalue weighted by Crippen LogP contribution is -2.44. The molecule has 0 radical (unpaired) electrons. The summed E-state index contributed by atoms with van der Waals surface area (Å²) in [7, 11) is 2.15. The summed E-state index contributed by atoms with van der Waals surface area (Å²) >= 11 is 0. The molecule has 0 saturated carbocycles. The van der Waals surface area contributed by atoms with Gasteiger partial charge in [-0.2, -0.15) is 0 Å². The second kappa shape index (κ2) is 8.26. The Morgan fingerprint density at radius 1 is 0.966 bits per heavy atom. The maximum atomic E-state index is 13.1. The van der Waals surface area contributed by atoms with E-state index in [0.717, 1.165) is 48.6 Å². The third-order valence-electron chi connectivity index (χ3n) is 5.97. The minimum Gasteiger partial charge on any atom is -0.369 e. The van der Waals surface area contributed by atoms with Crippen molar-refractivity contribution in [3.8, 4) is 0 Å². The van der Waals surface area contributed by atoms with E-state index in [-0.39, 0.29) is 11.9 Å². The highest BCUT2D eigenvalue weighted by molar-refractivity contribution is 5.97. The summed E-state index contributed by atoms with van der Waals surface area (Å²) in [6, 6.07) is 20.7. The Morgan fingerprint density at radius 2 is 1.69 bits per heavy atom. The second-order valence-electron chi connectivity index (χ2n) is 8.05. The van der Waals surface area contributed by atoms with Gasteiger partial charge >= 0.3 is 0 Å². The Hall–Kier alpha value is -2.85. The number of hydrogen-bond donors (Lipinski definition) is 1. The van der Waals surface area contributed by atoms with E-state index in [9.17, 15) is 4.79 Å². The highest BCUT2D eigenvalue weighted by atomic mass is 16.1. The van der Waals surface area contributed by atoms with Crippen molar-refractivity contribution in [2.24, 2.45) is 0 Å². The zero-order valence-corrected chi connectivity index (χ0v) is 17.5. The van der Waals surface area contributed by atoms with Crippen LogP contribution in [0, 0.1) is 6.92 Å². The molecule has 0 bridgehead atoms. The summed E-state index contributed by atoms with van der Waals surface area (Å²) in [6.07, 6.45) is 0. The molecule has 29 heavy (non-hydrogen) atoms. The van der Waals surface area contributed by atoms with E-state index in [1.165, 1.54) is 10.8 Å². The molecular weight excluding hydrogens is 358 g/mol. The topological polar surface area (TPSA) is 35.6 Å². The number of piperazine rings is 1. The van der Waals surface area contributed by atoms with Crippen molar-refractivity contribution < 1.29 is 4.79 Å². The summed E-state index contributed by atoms with van der Waals surface area (Å²) in [5, 5.41) is 5.60. The van der Waals surface area contributed by atoms with Gasteiger partial charge in [0.1, 0.15) is 0 Å². The van der Waals surface area contributed by atoms with Gasteiger partial charge in [-0.25, -0.2) is 0 Å². The highest BCUT2D eigenvalue weighted by Crippen LogP contribution is 2.25. The van der Waals surface area contributed by atoms with Gasteiger partial charge in [-0.3, -0.25) is 4.79 Å². The number of hydrogen-bond acceptors (Lipinski definition) is 3. The number of carbonyl (C=O) groups excluding carboxylic acids is 1. The fourth-order valence-electron chi connectivity index (χ4n) is 4.10. The van der Waals surface area contributed by atoms with Crippen molar-refractivity contribution in [3.63, 3.8) is 0 Å². The molecule has 0 spiro atoms. The number of nitrogens with zero attached hydrogens (tertiary/aromatic N) is 2. The van der Waals surface area contributed by atoms with Crippen molar-refractivity contribution in [1.82, 2.24) is 10.2 Å². The molecule has 1 aliphatic heterocycles. The lowest BCUT2D eigenvalue weighted by Gasteiger charge is -2.34. The van der Waals surface area contributed by atoms with Crippen LogP contribution in [-0.4, -0.2) is 44.0 Å². The summed E-state index contributed by atoms with van der Waals surface area (Å²) in [4.78, 5) is 17.8. The van der Waals surface area contributed by atoms with Crippen molar-refractivity contribution in [2.75, 3.05) is 38.1 Å². The third-order valence-corrected chi connectivity index (χ3v) is 5.97. The van der Waals surface area contributed by atoms with Crippen LogP contribution < -0.4 is 10.2 Å². The van der Waals surface area contributed by atoms with Gasteiger partial charge in [0.25, 0.3) is 5.91 Å². The summed E-state index contributed by atoms with van der Waals surface area (Å²) in [6.45, 7) is 8.14. The molecule has 3 aromatic rings. The minimum absolute atomic E-state index is 0.0149. The third kappa shape index (κ3) is 4.13. The van der Waals surface area contributed by atoms with E-state index >= 15 is 0 Å². The molecule has 1 unspecified atom stereocenters. The fourth-order valence-corrected chi connectivity index (χ4v) is 4.10. The van der Waals surface area contributed by atoms with Crippen LogP contribution in [0.1, 0.15) is 34.5 Å². The van der Waals surface area contributed by atoms with Gasteiger partial charge in [-0.1, -0.05) is 48.5 Å². The van der Waals surface area contributed by atoms with Crippen molar-refractivity contribution >= 4 is 22.4 Å². The van der Waals surface area contributed by atoms with Crippen LogP contribution >= 0.6 is 0 Å². The zero-order valence-electron chi connectivity index (χ0n) is 17.5.